The first-order valence-electron chi connectivity index (χ1n) is 9.85. The summed E-state index contributed by atoms with van der Waals surface area (Å²) in [4.78, 5) is 40.2. The molecule has 3 aromatic rings. The number of halogens is 1. The van der Waals surface area contributed by atoms with Gasteiger partial charge in [-0.2, -0.15) is 0 Å². The zero-order valence-electron chi connectivity index (χ0n) is 16.9. The third kappa shape index (κ3) is 4.74. The number of nitrogens with one attached hydrogen (secondary N) is 1. The van der Waals surface area contributed by atoms with E-state index in [0.717, 1.165) is 16.6 Å². The van der Waals surface area contributed by atoms with Crippen LogP contribution in [0, 0.1) is 10.1 Å². The van der Waals surface area contributed by atoms with E-state index in [1.807, 2.05) is 34.5 Å². The number of non-ortho nitro benzene ring substituents is 1. The molecule has 2 aromatic carbocycles. The molecule has 0 spiro atoms. The van der Waals surface area contributed by atoms with E-state index in [9.17, 15) is 19.7 Å². The molecule has 2 amide bonds. The highest BCUT2D eigenvalue weighted by Gasteiger charge is 2.23. The van der Waals surface area contributed by atoms with Crippen molar-refractivity contribution >= 4 is 51.8 Å². The highest BCUT2D eigenvalue weighted by Crippen LogP contribution is 2.25. The Morgan fingerprint density at radius 2 is 1.75 bits per heavy atom. The van der Waals surface area contributed by atoms with Gasteiger partial charge in [-0.05, 0) is 41.8 Å². The monoisotopic (exact) mass is 470 g/mol. The summed E-state index contributed by atoms with van der Waals surface area (Å²) >= 11 is 7.49. The Morgan fingerprint density at radius 1 is 1.03 bits per heavy atom. The third-order valence-electron chi connectivity index (χ3n) is 5.19. The molecule has 1 saturated heterocycles. The van der Waals surface area contributed by atoms with E-state index in [1.165, 1.54) is 23.5 Å². The number of carbonyl (C=O) groups is 2. The van der Waals surface area contributed by atoms with Crippen LogP contribution in [0.25, 0.3) is 0 Å². The molecule has 32 heavy (non-hydrogen) atoms. The highest BCUT2D eigenvalue weighted by molar-refractivity contribution is 7.12. The fourth-order valence-corrected chi connectivity index (χ4v) is 4.37. The van der Waals surface area contributed by atoms with Gasteiger partial charge >= 0.3 is 0 Å². The van der Waals surface area contributed by atoms with Crippen LogP contribution < -0.4 is 10.2 Å². The summed E-state index contributed by atoms with van der Waals surface area (Å²) < 4.78 is 0. The Kier molecular flexibility index (Phi) is 6.38. The van der Waals surface area contributed by atoms with Gasteiger partial charge in [0.25, 0.3) is 17.5 Å². The van der Waals surface area contributed by atoms with Crippen LogP contribution in [0.4, 0.5) is 17.1 Å². The second-order valence-electron chi connectivity index (χ2n) is 7.18. The number of hydrogen-bond donors (Lipinski definition) is 1. The zero-order chi connectivity index (χ0) is 22.7. The maximum absolute atomic E-state index is 12.5. The molecular weight excluding hydrogens is 452 g/mol. The van der Waals surface area contributed by atoms with Gasteiger partial charge in [-0.25, -0.2) is 0 Å². The molecule has 1 fully saturated rings. The van der Waals surface area contributed by atoms with Crippen molar-refractivity contribution in [2.75, 3.05) is 36.4 Å². The first-order valence-corrected chi connectivity index (χ1v) is 11.1. The number of nitro benzene ring substituents is 1. The Balaban J connectivity index is 1.37. The fraction of sp³-hybridized carbons (Fsp3) is 0.182. The van der Waals surface area contributed by atoms with Gasteiger partial charge in [0.1, 0.15) is 0 Å². The molecule has 0 atom stereocenters. The number of hydrogen-bond acceptors (Lipinski definition) is 6. The Morgan fingerprint density at radius 3 is 2.38 bits per heavy atom. The minimum absolute atomic E-state index is 0.0384. The second kappa shape index (κ2) is 9.37. The summed E-state index contributed by atoms with van der Waals surface area (Å²) in [5.41, 5.74) is 1.37. The molecule has 10 heteroatoms. The fourth-order valence-electron chi connectivity index (χ4n) is 3.48. The number of amides is 2. The highest BCUT2D eigenvalue weighted by atomic mass is 35.5. The Bertz CT molecular complexity index is 1140. The van der Waals surface area contributed by atoms with E-state index in [2.05, 4.69) is 10.2 Å². The van der Waals surface area contributed by atoms with Gasteiger partial charge in [-0.3, -0.25) is 19.7 Å². The zero-order valence-corrected chi connectivity index (χ0v) is 18.4. The Hall–Kier alpha value is -3.43. The molecule has 164 valence electrons. The standard InChI is InChI=1S/C22H19ClN4O4S/c23-19-8-7-17(27(30)31)14-18(19)21(28)24-15-3-5-16(6-4-15)25-9-11-26(12-10-25)22(29)20-2-1-13-32-20/h1-8,13-14H,9-12H2,(H,24,28). The molecule has 1 aliphatic rings. The summed E-state index contributed by atoms with van der Waals surface area (Å²) in [6.07, 6.45) is 0. The Labute approximate surface area is 193 Å². The average molecular weight is 471 g/mol. The lowest BCUT2D eigenvalue weighted by Crippen LogP contribution is -2.48. The number of rotatable bonds is 5. The van der Waals surface area contributed by atoms with E-state index >= 15 is 0 Å². The van der Waals surface area contributed by atoms with Crippen LogP contribution in [-0.2, 0) is 0 Å². The van der Waals surface area contributed by atoms with E-state index < -0.39 is 10.8 Å². The molecular formula is C22H19ClN4O4S. The van der Waals surface area contributed by atoms with Crippen molar-refractivity contribution in [1.29, 1.82) is 0 Å². The van der Waals surface area contributed by atoms with Crippen LogP contribution in [0.3, 0.4) is 0 Å². The predicted octanol–water partition coefficient (Wildman–Crippen LogP) is 4.52. The van der Waals surface area contributed by atoms with E-state index in [0.29, 0.717) is 31.9 Å². The SMILES string of the molecule is O=C(Nc1ccc(N2CCN(C(=O)c3cccs3)CC2)cc1)c1cc([N+](=O)[O-])ccc1Cl. The minimum Gasteiger partial charge on any atom is -0.368 e. The first-order chi connectivity index (χ1) is 15.4. The summed E-state index contributed by atoms with van der Waals surface area (Å²) in [6, 6.07) is 14.8. The van der Waals surface area contributed by atoms with E-state index in [1.54, 1.807) is 12.1 Å². The van der Waals surface area contributed by atoms with Crippen molar-refractivity contribution < 1.29 is 14.5 Å². The molecule has 0 unspecified atom stereocenters. The molecule has 1 aliphatic heterocycles. The van der Waals surface area contributed by atoms with Crippen molar-refractivity contribution in [3.63, 3.8) is 0 Å². The molecule has 2 heterocycles. The number of piperazine rings is 1. The van der Waals surface area contributed by atoms with Gasteiger partial charge in [0.15, 0.2) is 0 Å². The van der Waals surface area contributed by atoms with Crippen LogP contribution in [0.15, 0.2) is 60.0 Å². The molecule has 0 aliphatic carbocycles. The third-order valence-corrected chi connectivity index (χ3v) is 6.38. The van der Waals surface area contributed by atoms with Crippen LogP contribution >= 0.6 is 22.9 Å². The van der Waals surface area contributed by atoms with Crippen molar-refractivity contribution in [2.24, 2.45) is 0 Å². The maximum Gasteiger partial charge on any atom is 0.270 e. The smallest absolute Gasteiger partial charge is 0.270 e. The quantitative estimate of drug-likeness (QED) is 0.436. The molecule has 8 nitrogen and oxygen atoms in total. The van der Waals surface area contributed by atoms with Gasteiger partial charge < -0.3 is 15.1 Å². The van der Waals surface area contributed by atoms with Crippen LogP contribution in [-0.4, -0.2) is 47.8 Å². The molecule has 4 rings (SSSR count). The normalized spacial score (nSPS) is 13.7. The van der Waals surface area contributed by atoms with Crippen LogP contribution in [0.2, 0.25) is 5.02 Å². The van der Waals surface area contributed by atoms with Gasteiger partial charge in [0, 0.05) is 49.7 Å². The summed E-state index contributed by atoms with van der Waals surface area (Å²) in [6.45, 7) is 2.71. The molecule has 1 aromatic heterocycles. The van der Waals surface area contributed by atoms with Crippen LogP contribution in [0.1, 0.15) is 20.0 Å². The maximum atomic E-state index is 12.5. The van der Waals surface area contributed by atoms with Crippen LogP contribution in [0.5, 0.6) is 0 Å². The van der Waals surface area contributed by atoms with Crippen molar-refractivity contribution in [1.82, 2.24) is 4.90 Å². The first kappa shape index (κ1) is 21.8. The average Bonchev–Trinajstić information content (AvgIpc) is 3.34. The van der Waals surface area contributed by atoms with Crippen molar-refractivity contribution in [2.45, 2.75) is 0 Å². The lowest BCUT2D eigenvalue weighted by Gasteiger charge is -2.36. The molecule has 1 N–H and O–H groups in total. The molecule has 0 saturated carbocycles. The number of thiophene rings is 1. The summed E-state index contributed by atoms with van der Waals surface area (Å²) in [5.74, 6) is -0.454. The topological polar surface area (TPSA) is 95.8 Å². The van der Waals surface area contributed by atoms with Gasteiger partial charge in [-0.1, -0.05) is 17.7 Å². The number of nitrogens with zero attached hydrogens (tertiary/aromatic N) is 3. The van der Waals surface area contributed by atoms with E-state index in [-0.39, 0.29) is 22.2 Å². The summed E-state index contributed by atoms with van der Waals surface area (Å²) in [7, 11) is 0. The van der Waals surface area contributed by atoms with Crippen molar-refractivity contribution in [3.8, 4) is 0 Å². The minimum atomic E-state index is -0.574. The number of anilines is 2. The van der Waals surface area contributed by atoms with E-state index in [4.69, 9.17) is 11.6 Å². The van der Waals surface area contributed by atoms with Gasteiger partial charge in [0.2, 0.25) is 0 Å². The van der Waals surface area contributed by atoms with Crippen molar-refractivity contribution in [3.05, 3.63) is 85.6 Å². The lowest BCUT2D eigenvalue weighted by atomic mass is 10.1. The molecule has 0 radical (unpaired) electrons. The summed E-state index contributed by atoms with van der Waals surface area (Å²) in [5, 5.41) is 15.7. The number of benzene rings is 2. The largest absolute Gasteiger partial charge is 0.368 e. The molecule has 0 bridgehead atoms. The number of nitro groups is 1. The predicted molar refractivity (Wildman–Crippen MR) is 125 cm³/mol. The van der Waals surface area contributed by atoms with Gasteiger partial charge in [-0.15, -0.1) is 11.3 Å². The second-order valence-corrected chi connectivity index (χ2v) is 8.53. The number of carbonyl (C=O) groups excluding carboxylic acids is 2. The lowest BCUT2D eigenvalue weighted by molar-refractivity contribution is -0.384. The van der Waals surface area contributed by atoms with Gasteiger partial charge in [0.05, 0.1) is 20.4 Å².